The van der Waals surface area contributed by atoms with E-state index in [0.717, 1.165) is 0 Å². The molecule has 118 valence electrons. The quantitative estimate of drug-likeness (QED) is 0.586. The van der Waals surface area contributed by atoms with Crippen LogP contribution in [0.25, 0.3) is 0 Å². The second-order valence-corrected chi connectivity index (χ2v) is 5.55. The third kappa shape index (κ3) is 4.18. The van der Waals surface area contributed by atoms with Crippen molar-refractivity contribution in [2.24, 2.45) is 5.84 Å². The SMILES string of the molecule is CC1(C)CC(Nc2cc(NN)nc(C(F)(F)F)n2)CCO1. The van der Waals surface area contributed by atoms with Gasteiger partial charge in [-0.1, -0.05) is 0 Å². The fourth-order valence-electron chi connectivity index (χ4n) is 2.29. The van der Waals surface area contributed by atoms with E-state index in [9.17, 15) is 13.2 Å². The Hall–Kier alpha value is -1.61. The van der Waals surface area contributed by atoms with Gasteiger partial charge in [0.2, 0.25) is 5.82 Å². The smallest absolute Gasteiger partial charge is 0.375 e. The zero-order valence-electron chi connectivity index (χ0n) is 11.8. The zero-order valence-corrected chi connectivity index (χ0v) is 11.8. The molecule has 1 unspecified atom stereocenters. The molecule has 0 aromatic carbocycles. The van der Waals surface area contributed by atoms with Gasteiger partial charge in [-0.25, -0.2) is 15.8 Å². The number of anilines is 2. The first-order valence-electron chi connectivity index (χ1n) is 6.53. The van der Waals surface area contributed by atoms with Gasteiger partial charge in [-0.15, -0.1) is 0 Å². The Kier molecular flexibility index (Phi) is 4.24. The Morgan fingerprint density at radius 2 is 2.00 bits per heavy atom. The number of hydrogen-bond donors (Lipinski definition) is 3. The van der Waals surface area contributed by atoms with E-state index in [1.807, 2.05) is 13.8 Å². The van der Waals surface area contributed by atoms with E-state index in [4.69, 9.17) is 10.6 Å². The molecule has 1 aromatic heterocycles. The maximum absolute atomic E-state index is 12.7. The number of alkyl halides is 3. The fourth-order valence-corrected chi connectivity index (χ4v) is 2.29. The number of hydrogen-bond acceptors (Lipinski definition) is 6. The zero-order chi connectivity index (χ0) is 15.7. The molecule has 4 N–H and O–H groups in total. The second-order valence-electron chi connectivity index (χ2n) is 5.55. The van der Waals surface area contributed by atoms with Gasteiger partial charge in [0.25, 0.3) is 0 Å². The van der Waals surface area contributed by atoms with Crippen LogP contribution in [0.4, 0.5) is 24.8 Å². The molecule has 1 atom stereocenters. The van der Waals surface area contributed by atoms with Crippen molar-refractivity contribution in [2.45, 2.75) is 44.5 Å². The first-order chi connectivity index (χ1) is 9.69. The molecule has 1 saturated heterocycles. The molecule has 0 aliphatic carbocycles. The van der Waals surface area contributed by atoms with Crippen LogP contribution in [0, 0.1) is 0 Å². The Morgan fingerprint density at radius 3 is 2.57 bits per heavy atom. The second kappa shape index (κ2) is 5.64. The number of aromatic nitrogens is 2. The van der Waals surface area contributed by atoms with Crippen LogP contribution in [0.1, 0.15) is 32.5 Å². The van der Waals surface area contributed by atoms with E-state index >= 15 is 0 Å². The van der Waals surface area contributed by atoms with E-state index in [1.165, 1.54) is 6.07 Å². The van der Waals surface area contributed by atoms with Crippen molar-refractivity contribution in [1.82, 2.24) is 9.97 Å². The summed E-state index contributed by atoms with van der Waals surface area (Å²) in [7, 11) is 0. The van der Waals surface area contributed by atoms with Gasteiger partial charge in [-0.2, -0.15) is 13.2 Å². The molecule has 0 bridgehead atoms. The molecule has 0 saturated carbocycles. The van der Waals surface area contributed by atoms with Crippen LogP contribution in [-0.4, -0.2) is 28.2 Å². The van der Waals surface area contributed by atoms with Crippen LogP contribution in [0.5, 0.6) is 0 Å². The maximum atomic E-state index is 12.7. The lowest BCUT2D eigenvalue weighted by atomic mass is 9.94. The van der Waals surface area contributed by atoms with Crippen LogP contribution >= 0.6 is 0 Å². The molecule has 21 heavy (non-hydrogen) atoms. The van der Waals surface area contributed by atoms with Crippen LogP contribution < -0.4 is 16.6 Å². The Labute approximate surface area is 120 Å². The highest BCUT2D eigenvalue weighted by Crippen LogP contribution is 2.30. The average Bonchev–Trinajstić information content (AvgIpc) is 2.36. The standard InChI is InChI=1S/C12H18F3N5O/c1-11(2)6-7(3-4-21-11)17-8-5-9(20-16)19-10(18-8)12(13,14)15/h5,7H,3-4,6,16H2,1-2H3,(H2,17,18,19,20). The molecule has 0 amide bonds. The van der Waals surface area contributed by atoms with Gasteiger partial charge in [0.05, 0.1) is 5.60 Å². The third-order valence-electron chi connectivity index (χ3n) is 3.18. The summed E-state index contributed by atoms with van der Waals surface area (Å²) >= 11 is 0. The van der Waals surface area contributed by atoms with Crippen molar-refractivity contribution in [3.63, 3.8) is 0 Å². The minimum atomic E-state index is -4.63. The lowest BCUT2D eigenvalue weighted by molar-refractivity contribution is -0.144. The lowest BCUT2D eigenvalue weighted by Gasteiger charge is -2.36. The molecule has 2 rings (SSSR count). The summed E-state index contributed by atoms with van der Waals surface area (Å²) in [5.41, 5.74) is 1.80. The molecular formula is C12H18F3N5O. The highest BCUT2D eigenvalue weighted by Gasteiger charge is 2.36. The van der Waals surface area contributed by atoms with Crippen molar-refractivity contribution in [2.75, 3.05) is 17.3 Å². The highest BCUT2D eigenvalue weighted by atomic mass is 19.4. The van der Waals surface area contributed by atoms with Crippen LogP contribution in [0.3, 0.4) is 0 Å². The van der Waals surface area contributed by atoms with Crippen LogP contribution in [-0.2, 0) is 10.9 Å². The minimum absolute atomic E-state index is 0.0182. The summed E-state index contributed by atoms with van der Waals surface area (Å²) in [6, 6.07) is 1.33. The van der Waals surface area contributed by atoms with E-state index in [0.29, 0.717) is 19.4 Å². The monoisotopic (exact) mass is 305 g/mol. The van der Waals surface area contributed by atoms with Crippen molar-refractivity contribution in [3.8, 4) is 0 Å². The van der Waals surface area contributed by atoms with Crippen LogP contribution in [0.15, 0.2) is 6.07 Å². The number of nitrogen functional groups attached to an aromatic ring is 1. The molecular weight excluding hydrogens is 287 g/mol. The Morgan fingerprint density at radius 1 is 1.33 bits per heavy atom. The summed E-state index contributed by atoms with van der Waals surface area (Å²) in [6.07, 6.45) is -3.26. The van der Waals surface area contributed by atoms with Gasteiger partial charge in [0, 0.05) is 18.7 Å². The van der Waals surface area contributed by atoms with Crippen molar-refractivity contribution < 1.29 is 17.9 Å². The third-order valence-corrected chi connectivity index (χ3v) is 3.18. The van der Waals surface area contributed by atoms with Crippen molar-refractivity contribution in [3.05, 3.63) is 11.9 Å². The highest BCUT2D eigenvalue weighted by molar-refractivity contribution is 5.47. The van der Waals surface area contributed by atoms with Gasteiger partial charge >= 0.3 is 6.18 Å². The van der Waals surface area contributed by atoms with Gasteiger partial charge < -0.3 is 15.5 Å². The topological polar surface area (TPSA) is 85.1 Å². The number of nitrogens with two attached hydrogens (primary N) is 1. The molecule has 0 spiro atoms. The summed E-state index contributed by atoms with van der Waals surface area (Å²) in [5.74, 6) is 3.92. The van der Waals surface area contributed by atoms with Crippen molar-refractivity contribution in [1.29, 1.82) is 0 Å². The van der Waals surface area contributed by atoms with E-state index in [1.54, 1.807) is 0 Å². The maximum Gasteiger partial charge on any atom is 0.451 e. The summed E-state index contributed by atoms with van der Waals surface area (Å²) in [4.78, 5) is 6.82. The molecule has 6 nitrogen and oxygen atoms in total. The number of nitrogens with zero attached hydrogens (tertiary/aromatic N) is 2. The number of hydrazine groups is 1. The normalized spacial score (nSPS) is 21.9. The first-order valence-corrected chi connectivity index (χ1v) is 6.53. The van der Waals surface area contributed by atoms with Gasteiger partial charge in [0.1, 0.15) is 11.6 Å². The molecule has 1 fully saturated rings. The van der Waals surface area contributed by atoms with Gasteiger partial charge in [-0.3, -0.25) is 0 Å². The van der Waals surface area contributed by atoms with Crippen LogP contribution in [0.2, 0.25) is 0 Å². The predicted octanol–water partition coefficient (Wildman–Crippen LogP) is 2.15. The fraction of sp³-hybridized carbons (Fsp3) is 0.667. The lowest BCUT2D eigenvalue weighted by Crippen LogP contribution is -2.40. The summed E-state index contributed by atoms with van der Waals surface area (Å²) in [5, 5.41) is 3.00. The Bertz CT molecular complexity index is 506. The largest absolute Gasteiger partial charge is 0.451 e. The summed E-state index contributed by atoms with van der Waals surface area (Å²) < 4.78 is 43.8. The number of halogens is 3. The number of rotatable bonds is 3. The average molecular weight is 305 g/mol. The summed E-state index contributed by atoms with van der Waals surface area (Å²) in [6.45, 7) is 4.42. The van der Waals surface area contributed by atoms with E-state index in [2.05, 4.69) is 20.7 Å². The number of nitrogens with one attached hydrogen (secondary N) is 2. The van der Waals surface area contributed by atoms with E-state index in [-0.39, 0.29) is 23.3 Å². The minimum Gasteiger partial charge on any atom is -0.375 e. The molecule has 9 heteroatoms. The molecule has 0 radical (unpaired) electrons. The Balaban J connectivity index is 2.19. The molecule has 1 aliphatic heterocycles. The number of ether oxygens (including phenoxy) is 1. The molecule has 1 aliphatic rings. The van der Waals surface area contributed by atoms with Crippen molar-refractivity contribution >= 4 is 11.6 Å². The van der Waals surface area contributed by atoms with E-state index < -0.39 is 12.0 Å². The molecule has 1 aromatic rings. The predicted molar refractivity (Wildman–Crippen MR) is 71.5 cm³/mol. The van der Waals surface area contributed by atoms with Gasteiger partial charge in [-0.05, 0) is 26.7 Å². The molecule has 2 heterocycles. The first kappa shape index (κ1) is 15.8. The van der Waals surface area contributed by atoms with Gasteiger partial charge in [0.15, 0.2) is 0 Å².